The SMILES string of the molecule is CCC1Oc2cc(S(=O)(=O)NCc3ccc(OC(F)(F)F)cc3)c(Br)cc2NC1=O. The normalized spacial score (nSPS) is 16.4. The zero-order chi connectivity index (χ0) is 22.1. The summed E-state index contributed by atoms with van der Waals surface area (Å²) in [6, 6.07) is 7.54. The van der Waals surface area contributed by atoms with Crippen LogP contribution in [0.3, 0.4) is 0 Å². The minimum absolute atomic E-state index is 0.107. The Labute approximate surface area is 178 Å². The smallest absolute Gasteiger partial charge is 0.478 e. The molecule has 1 aliphatic rings. The molecule has 1 aliphatic heterocycles. The molecular formula is C18H16BrF3N2O5S. The highest BCUT2D eigenvalue weighted by Gasteiger charge is 2.31. The average Bonchev–Trinajstić information content (AvgIpc) is 2.65. The molecule has 0 aliphatic carbocycles. The van der Waals surface area contributed by atoms with Crippen molar-refractivity contribution in [1.82, 2.24) is 4.72 Å². The van der Waals surface area contributed by atoms with E-state index in [9.17, 15) is 26.4 Å². The zero-order valence-electron chi connectivity index (χ0n) is 15.4. The second kappa shape index (κ2) is 8.44. The maximum Gasteiger partial charge on any atom is 0.573 e. The Kier molecular flexibility index (Phi) is 6.29. The molecule has 0 saturated carbocycles. The van der Waals surface area contributed by atoms with Gasteiger partial charge in [-0.25, -0.2) is 13.1 Å². The minimum Gasteiger partial charge on any atom is -0.478 e. The lowest BCUT2D eigenvalue weighted by molar-refractivity contribution is -0.274. The summed E-state index contributed by atoms with van der Waals surface area (Å²) < 4.78 is 74.0. The van der Waals surface area contributed by atoms with Crippen LogP contribution >= 0.6 is 15.9 Å². The number of fused-ring (bicyclic) bond motifs is 1. The van der Waals surface area contributed by atoms with Gasteiger partial charge in [-0.3, -0.25) is 4.79 Å². The van der Waals surface area contributed by atoms with E-state index in [4.69, 9.17) is 4.74 Å². The maximum atomic E-state index is 12.7. The number of hydrogen-bond acceptors (Lipinski definition) is 5. The molecule has 1 unspecified atom stereocenters. The van der Waals surface area contributed by atoms with Crippen molar-refractivity contribution >= 4 is 37.5 Å². The predicted octanol–water partition coefficient (Wildman–Crippen LogP) is 3.94. The van der Waals surface area contributed by atoms with E-state index in [0.717, 1.165) is 12.1 Å². The lowest BCUT2D eigenvalue weighted by Gasteiger charge is -2.26. The molecule has 2 N–H and O–H groups in total. The van der Waals surface area contributed by atoms with Crippen LogP contribution in [0.25, 0.3) is 0 Å². The summed E-state index contributed by atoms with van der Waals surface area (Å²) in [4.78, 5) is 11.8. The highest BCUT2D eigenvalue weighted by Crippen LogP contribution is 2.37. The summed E-state index contributed by atoms with van der Waals surface area (Å²) in [6.45, 7) is 1.60. The number of sulfonamides is 1. The number of hydrogen-bond donors (Lipinski definition) is 2. The number of ether oxygens (including phenoxy) is 2. The number of anilines is 1. The van der Waals surface area contributed by atoms with Crippen molar-refractivity contribution in [3.63, 3.8) is 0 Å². The molecule has 0 radical (unpaired) electrons. The van der Waals surface area contributed by atoms with Crippen LogP contribution in [-0.2, 0) is 21.4 Å². The van der Waals surface area contributed by atoms with Gasteiger partial charge in [0, 0.05) is 17.1 Å². The van der Waals surface area contributed by atoms with Crippen molar-refractivity contribution in [1.29, 1.82) is 0 Å². The molecule has 1 heterocycles. The first-order valence-electron chi connectivity index (χ1n) is 8.64. The fourth-order valence-corrected chi connectivity index (χ4v) is 4.76. The Hall–Kier alpha value is -2.31. The highest BCUT2D eigenvalue weighted by molar-refractivity contribution is 9.10. The molecule has 3 rings (SSSR count). The van der Waals surface area contributed by atoms with Crippen molar-refractivity contribution < 1.29 is 35.9 Å². The molecule has 1 amide bonds. The van der Waals surface area contributed by atoms with Crippen LogP contribution in [0.15, 0.2) is 45.8 Å². The second-order valence-electron chi connectivity index (χ2n) is 6.30. The minimum atomic E-state index is -4.81. The Morgan fingerprint density at radius 3 is 2.50 bits per heavy atom. The van der Waals surface area contributed by atoms with Crippen LogP contribution in [0.4, 0.5) is 18.9 Å². The van der Waals surface area contributed by atoms with Crippen LogP contribution < -0.4 is 19.5 Å². The van der Waals surface area contributed by atoms with Gasteiger partial charge in [0.2, 0.25) is 10.0 Å². The van der Waals surface area contributed by atoms with E-state index >= 15 is 0 Å². The Morgan fingerprint density at radius 2 is 1.90 bits per heavy atom. The Balaban J connectivity index is 1.75. The molecule has 30 heavy (non-hydrogen) atoms. The number of carbonyl (C=O) groups excluding carboxylic acids is 1. The summed E-state index contributed by atoms with van der Waals surface area (Å²) in [7, 11) is -4.00. The molecule has 12 heteroatoms. The summed E-state index contributed by atoms with van der Waals surface area (Å²) in [5.74, 6) is -0.501. The molecule has 7 nitrogen and oxygen atoms in total. The van der Waals surface area contributed by atoms with Crippen LogP contribution in [-0.4, -0.2) is 26.8 Å². The van der Waals surface area contributed by atoms with Crippen LogP contribution in [0, 0.1) is 0 Å². The average molecular weight is 509 g/mol. The van der Waals surface area contributed by atoms with E-state index < -0.39 is 28.2 Å². The van der Waals surface area contributed by atoms with Crippen LogP contribution in [0.1, 0.15) is 18.9 Å². The third kappa shape index (κ3) is 5.24. The molecule has 2 aromatic carbocycles. The first-order valence-corrected chi connectivity index (χ1v) is 10.9. The van der Waals surface area contributed by atoms with Gasteiger partial charge in [-0.05, 0) is 46.1 Å². The number of rotatable bonds is 6. The van der Waals surface area contributed by atoms with Crippen LogP contribution in [0.2, 0.25) is 0 Å². The summed E-state index contributed by atoms with van der Waals surface area (Å²) in [5, 5.41) is 2.66. The number of alkyl halides is 3. The second-order valence-corrected chi connectivity index (χ2v) is 8.89. The molecule has 0 spiro atoms. The van der Waals surface area contributed by atoms with Crippen molar-refractivity contribution in [3.8, 4) is 11.5 Å². The van der Waals surface area contributed by atoms with Gasteiger partial charge in [0.15, 0.2) is 6.10 Å². The monoisotopic (exact) mass is 508 g/mol. The first kappa shape index (κ1) is 22.4. The molecule has 0 saturated heterocycles. The third-order valence-corrected chi connectivity index (χ3v) is 6.50. The van der Waals surface area contributed by atoms with Gasteiger partial charge in [-0.1, -0.05) is 19.1 Å². The van der Waals surface area contributed by atoms with Crippen molar-refractivity contribution in [2.75, 3.05) is 5.32 Å². The summed E-state index contributed by atoms with van der Waals surface area (Å²) in [5.41, 5.74) is 0.771. The topological polar surface area (TPSA) is 93.7 Å². The van der Waals surface area contributed by atoms with Gasteiger partial charge in [-0.15, -0.1) is 13.2 Å². The van der Waals surface area contributed by atoms with Gasteiger partial charge < -0.3 is 14.8 Å². The molecule has 0 bridgehead atoms. The van der Waals surface area contributed by atoms with Gasteiger partial charge in [0.25, 0.3) is 5.91 Å². The standard InChI is InChI=1S/C18H16BrF3N2O5S/c1-2-14-17(25)24-13-7-12(19)16(8-15(13)28-14)30(26,27)23-9-10-3-5-11(6-4-10)29-18(20,21)22/h3-8,14,23H,2,9H2,1H3,(H,24,25). The van der Waals surface area contributed by atoms with Gasteiger partial charge >= 0.3 is 6.36 Å². The first-order chi connectivity index (χ1) is 14.0. The number of halogens is 4. The molecule has 1 atom stereocenters. The number of benzene rings is 2. The van der Waals surface area contributed by atoms with E-state index in [1.165, 1.54) is 24.3 Å². The Morgan fingerprint density at radius 1 is 1.23 bits per heavy atom. The maximum absolute atomic E-state index is 12.7. The predicted molar refractivity (Wildman–Crippen MR) is 105 cm³/mol. The molecular weight excluding hydrogens is 493 g/mol. The molecule has 162 valence electrons. The molecule has 0 fully saturated rings. The number of nitrogens with one attached hydrogen (secondary N) is 2. The summed E-state index contributed by atoms with van der Waals surface area (Å²) in [6.07, 6.45) is -5.12. The molecule has 2 aromatic rings. The zero-order valence-corrected chi connectivity index (χ0v) is 17.8. The van der Waals surface area contributed by atoms with Crippen LogP contribution in [0.5, 0.6) is 11.5 Å². The summed E-state index contributed by atoms with van der Waals surface area (Å²) >= 11 is 3.18. The fraction of sp³-hybridized carbons (Fsp3) is 0.278. The van der Waals surface area contributed by atoms with E-state index in [1.807, 2.05) is 0 Å². The largest absolute Gasteiger partial charge is 0.573 e. The fourth-order valence-electron chi connectivity index (χ4n) is 2.69. The van der Waals surface area contributed by atoms with E-state index in [1.54, 1.807) is 6.92 Å². The quantitative estimate of drug-likeness (QED) is 0.616. The molecule has 0 aromatic heterocycles. The van der Waals surface area contributed by atoms with E-state index in [0.29, 0.717) is 17.7 Å². The van der Waals surface area contributed by atoms with E-state index in [2.05, 4.69) is 30.7 Å². The van der Waals surface area contributed by atoms with Gasteiger partial charge in [0.1, 0.15) is 16.4 Å². The lowest BCUT2D eigenvalue weighted by atomic mass is 10.2. The van der Waals surface area contributed by atoms with Crippen molar-refractivity contribution in [2.24, 2.45) is 0 Å². The highest BCUT2D eigenvalue weighted by atomic mass is 79.9. The van der Waals surface area contributed by atoms with Crippen molar-refractivity contribution in [3.05, 3.63) is 46.4 Å². The third-order valence-electron chi connectivity index (χ3n) is 4.14. The van der Waals surface area contributed by atoms with Crippen molar-refractivity contribution in [2.45, 2.75) is 37.3 Å². The van der Waals surface area contributed by atoms with E-state index in [-0.39, 0.29) is 27.6 Å². The number of amides is 1. The lowest BCUT2D eigenvalue weighted by Crippen LogP contribution is -2.36. The number of carbonyl (C=O) groups is 1. The Bertz CT molecular complexity index is 1060. The van der Waals surface area contributed by atoms with Gasteiger partial charge in [0.05, 0.1) is 5.69 Å². The van der Waals surface area contributed by atoms with Gasteiger partial charge in [-0.2, -0.15) is 0 Å².